The second-order valence-corrected chi connectivity index (χ2v) is 6.32. The Kier molecular flexibility index (Phi) is 4.93. The van der Waals surface area contributed by atoms with Crippen molar-refractivity contribution in [2.24, 2.45) is 0 Å². The topological polar surface area (TPSA) is 46.2 Å². The van der Waals surface area contributed by atoms with Crippen molar-refractivity contribution in [2.75, 3.05) is 5.32 Å². The first-order valence-corrected chi connectivity index (χ1v) is 7.72. The minimum absolute atomic E-state index is 0.0310. The third-order valence-corrected chi connectivity index (χ3v) is 4.06. The van der Waals surface area contributed by atoms with Crippen LogP contribution in [0.5, 0.6) is 0 Å². The van der Waals surface area contributed by atoms with E-state index in [4.69, 9.17) is 0 Å². The Labute approximate surface area is 139 Å². The average molecular weight is 444 g/mol. The number of carbonyl (C=O) groups excluding carboxylic acids is 2. The van der Waals surface area contributed by atoms with E-state index in [9.17, 15) is 9.59 Å². The number of rotatable bonds is 3. The van der Waals surface area contributed by atoms with Crippen LogP contribution in [0, 0.1) is 3.57 Å². The quantitative estimate of drug-likeness (QED) is 0.560. The molecule has 5 heteroatoms. The normalized spacial score (nSPS) is 10.2. The Balaban J connectivity index is 2.25. The minimum atomic E-state index is -0.212. The van der Waals surface area contributed by atoms with Gasteiger partial charge in [-0.15, -0.1) is 0 Å². The average Bonchev–Trinajstić information content (AvgIpc) is 2.41. The molecule has 0 bridgehead atoms. The van der Waals surface area contributed by atoms with Crippen LogP contribution in [0.1, 0.15) is 27.6 Å². The lowest BCUT2D eigenvalue weighted by molar-refractivity contribution is 0.101. The number of halogens is 2. The summed E-state index contributed by atoms with van der Waals surface area (Å²) in [5, 5.41) is 2.80. The Morgan fingerprint density at radius 3 is 2.60 bits per heavy atom. The summed E-state index contributed by atoms with van der Waals surface area (Å²) in [6.45, 7) is 1.50. The lowest BCUT2D eigenvalue weighted by Gasteiger charge is -2.08. The summed E-state index contributed by atoms with van der Waals surface area (Å²) in [6, 6.07) is 12.4. The van der Waals surface area contributed by atoms with Crippen molar-refractivity contribution in [1.29, 1.82) is 0 Å². The van der Waals surface area contributed by atoms with Gasteiger partial charge in [0.15, 0.2) is 5.78 Å². The maximum atomic E-state index is 12.2. The second-order valence-electron chi connectivity index (χ2n) is 4.22. The Morgan fingerprint density at radius 2 is 1.90 bits per heavy atom. The molecule has 0 aliphatic rings. The highest BCUT2D eigenvalue weighted by Crippen LogP contribution is 2.21. The smallest absolute Gasteiger partial charge is 0.256 e. The third-order valence-electron chi connectivity index (χ3n) is 2.70. The number of hydrogen-bond donors (Lipinski definition) is 1. The van der Waals surface area contributed by atoms with E-state index in [1.807, 2.05) is 12.1 Å². The SMILES string of the molecule is CC(=O)c1cccc(NC(=O)c2cc(I)ccc2Br)c1. The fourth-order valence-electron chi connectivity index (χ4n) is 1.69. The first kappa shape index (κ1) is 15.2. The molecule has 0 aliphatic heterocycles. The van der Waals surface area contributed by atoms with Gasteiger partial charge < -0.3 is 5.32 Å². The van der Waals surface area contributed by atoms with Crippen molar-refractivity contribution in [3.8, 4) is 0 Å². The van der Waals surface area contributed by atoms with Gasteiger partial charge in [0.05, 0.1) is 5.56 Å². The zero-order valence-electron chi connectivity index (χ0n) is 10.6. The maximum absolute atomic E-state index is 12.2. The van der Waals surface area contributed by atoms with Crippen molar-refractivity contribution in [3.63, 3.8) is 0 Å². The van der Waals surface area contributed by atoms with Gasteiger partial charge >= 0.3 is 0 Å². The summed E-state index contributed by atoms with van der Waals surface area (Å²) >= 11 is 5.52. The van der Waals surface area contributed by atoms with Gasteiger partial charge in [0.25, 0.3) is 5.91 Å². The Bertz CT molecular complexity index is 685. The highest BCUT2D eigenvalue weighted by molar-refractivity contribution is 14.1. The highest BCUT2D eigenvalue weighted by Gasteiger charge is 2.11. The number of nitrogens with one attached hydrogen (secondary N) is 1. The number of amides is 1. The van der Waals surface area contributed by atoms with Gasteiger partial charge in [-0.05, 0) is 75.8 Å². The van der Waals surface area contributed by atoms with E-state index >= 15 is 0 Å². The molecule has 0 spiro atoms. The number of carbonyl (C=O) groups is 2. The lowest BCUT2D eigenvalue weighted by atomic mass is 10.1. The second kappa shape index (κ2) is 6.49. The van der Waals surface area contributed by atoms with Gasteiger partial charge in [0.2, 0.25) is 0 Å². The van der Waals surface area contributed by atoms with Crippen LogP contribution in [0.3, 0.4) is 0 Å². The van der Waals surface area contributed by atoms with Crippen molar-refractivity contribution in [3.05, 3.63) is 61.6 Å². The van der Waals surface area contributed by atoms with E-state index in [2.05, 4.69) is 43.8 Å². The molecule has 0 aromatic heterocycles. The summed E-state index contributed by atoms with van der Waals surface area (Å²) in [5.74, 6) is -0.243. The van der Waals surface area contributed by atoms with Crippen LogP contribution in [-0.4, -0.2) is 11.7 Å². The van der Waals surface area contributed by atoms with E-state index in [1.54, 1.807) is 30.3 Å². The number of Topliss-reactive ketones (excluding diaryl/α,β-unsaturated/α-hetero) is 1. The van der Waals surface area contributed by atoms with Gasteiger partial charge in [-0.3, -0.25) is 9.59 Å². The molecule has 0 atom stereocenters. The minimum Gasteiger partial charge on any atom is -0.322 e. The zero-order valence-corrected chi connectivity index (χ0v) is 14.4. The Morgan fingerprint density at radius 1 is 1.15 bits per heavy atom. The van der Waals surface area contributed by atoms with Gasteiger partial charge in [-0.2, -0.15) is 0 Å². The van der Waals surface area contributed by atoms with Crippen molar-refractivity contribution in [1.82, 2.24) is 0 Å². The highest BCUT2D eigenvalue weighted by atomic mass is 127. The molecule has 3 nitrogen and oxygen atoms in total. The van der Waals surface area contributed by atoms with E-state index in [0.29, 0.717) is 16.8 Å². The maximum Gasteiger partial charge on any atom is 0.256 e. The third kappa shape index (κ3) is 3.67. The van der Waals surface area contributed by atoms with E-state index in [0.717, 1.165) is 8.04 Å². The van der Waals surface area contributed by atoms with Crippen LogP contribution in [0.15, 0.2) is 46.9 Å². The monoisotopic (exact) mass is 443 g/mol. The first-order chi connectivity index (χ1) is 9.47. The molecule has 1 amide bonds. The van der Waals surface area contributed by atoms with Gasteiger partial charge in [0, 0.05) is 19.3 Å². The van der Waals surface area contributed by atoms with Crippen molar-refractivity contribution >= 4 is 55.9 Å². The molecular weight excluding hydrogens is 433 g/mol. The summed E-state index contributed by atoms with van der Waals surface area (Å²) < 4.78 is 1.71. The summed E-state index contributed by atoms with van der Waals surface area (Å²) in [6.07, 6.45) is 0. The number of benzene rings is 2. The summed E-state index contributed by atoms with van der Waals surface area (Å²) in [7, 11) is 0. The zero-order chi connectivity index (χ0) is 14.7. The molecule has 0 saturated carbocycles. The predicted molar refractivity (Wildman–Crippen MR) is 91.3 cm³/mol. The van der Waals surface area contributed by atoms with Crippen LogP contribution >= 0.6 is 38.5 Å². The molecule has 0 heterocycles. The molecule has 102 valence electrons. The first-order valence-electron chi connectivity index (χ1n) is 5.85. The summed E-state index contributed by atoms with van der Waals surface area (Å²) in [5.41, 5.74) is 1.74. The van der Waals surface area contributed by atoms with Crippen molar-refractivity contribution in [2.45, 2.75) is 6.92 Å². The largest absolute Gasteiger partial charge is 0.322 e. The number of ketones is 1. The number of anilines is 1. The molecule has 0 aliphatic carbocycles. The molecule has 1 N–H and O–H groups in total. The van der Waals surface area contributed by atoms with Crippen LogP contribution in [0.25, 0.3) is 0 Å². The van der Waals surface area contributed by atoms with Crippen LogP contribution in [0.4, 0.5) is 5.69 Å². The molecule has 2 aromatic carbocycles. The molecule has 20 heavy (non-hydrogen) atoms. The summed E-state index contributed by atoms with van der Waals surface area (Å²) in [4.78, 5) is 23.6. The van der Waals surface area contributed by atoms with Crippen LogP contribution < -0.4 is 5.32 Å². The molecule has 0 radical (unpaired) electrons. The van der Waals surface area contributed by atoms with Crippen molar-refractivity contribution < 1.29 is 9.59 Å². The standard InChI is InChI=1S/C15H11BrINO2/c1-9(19)10-3-2-4-12(7-10)18-15(20)13-8-11(17)5-6-14(13)16/h2-8H,1H3,(H,18,20). The fourth-order valence-corrected chi connectivity index (χ4v) is 2.60. The molecule has 0 saturated heterocycles. The molecular formula is C15H11BrINO2. The van der Waals surface area contributed by atoms with E-state index in [1.165, 1.54) is 6.92 Å². The van der Waals surface area contributed by atoms with Gasteiger partial charge in [-0.25, -0.2) is 0 Å². The van der Waals surface area contributed by atoms with E-state index < -0.39 is 0 Å². The van der Waals surface area contributed by atoms with Gasteiger partial charge in [0.1, 0.15) is 0 Å². The van der Waals surface area contributed by atoms with Crippen LogP contribution in [0.2, 0.25) is 0 Å². The number of hydrogen-bond acceptors (Lipinski definition) is 2. The van der Waals surface area contributed by atoms with E-state index in [-0.39, 0.29) is 11.7 Å². The molecule has 0 unspecified atom stereocenters. The molecule has 2 aromatic rings. The predicted octanol–water partition coefficient (Wildman–Crippen LogP) is 4.51. The molecule has 2 rings (SSSR count). The fraction of sp³-hybridized carbons (Fsp3) is 0.0667. The van der Waals surface area contributed by atoms with Gasteiger partial charge in [-0.1, -0.05) is 12.1 Å². The lowest BCUT2D eigenvalue weighted by Crippen LogP contribution is -2.13. The van der Waals surface area contributed by atoms with Crippen LogP contribution in [-0.2, 0) is 0 Å². The molecule has 0 fully saturated rings. The Hall–Kier alpha value is -1.21.